The van der Waals surface area contributed by atoms with E-state index in [0.717, 1.165) is 25.7 Å². The molecule has 5 nitrogen and oxygen atoms in total. The second-order valence-corrected chi connectivity index (χ2v) is 6.64. The molecule has 0 saturated heterocycles. The van der Waals surface area contributed by atoms with Crippen molar-refractivity contribution in [2.45, 2.75) is 62.9 Å². The average molecular weight is 313 g/mol. The summed E-state index contributed by atoms with van der Waals surface area (Å²) in [5.41, 5.74) is 6.78. The van der Waals surface area contributed by atoms with Crippen LogP contribution in [0.5, 0.6) is 0 Å². The standard InChI is InChI=1S/C17H31NO4/c1-20-14-9-11(10-15(21-2)17(14)22-3)8-13(18)16(19)12-6-4-5-7-12/h8,11-12,14-17,19H,4-7,9-10,18H2,1-3H3/b13-8-/t11?,14?,15?,16-,17?/m0/s1. The third kappa shape index (κ3) is 4.02. The Balaban J connectivity index is 2.02. The van der Waals surface area contributed by atoms with Gasteiger partial charge in [0.1, 0.15) is 6.10 Å². The molecule has 0 radical (unpaired) electrons. The second kappa shape index (κ2) is 8.29. The molecule has 2 aliphatic rings. The summed E-state index contributed by atoms with van der Waals surface area (Å²) in [5, 5.41) is 10.4. The molecule has 2 rings (SSSR count). The molecule has 128 valence electrons. The van der Waals surface area contributed by atoms with E-state index in [-0.39, 0.29) is 24.2 Å². The molecule has 0 aromatic heterocycles. The third-order valence-electron chi connectivity index (χ3n) is 5.30. The Morgan fingerprint density at radius 3 is 2.05 bits per heavy atom. The highest BCUT2D eigenvalue weighted by molar-refractivity contribution is 5.10. The molecule has 0 aromatic carbocycles. The lowest BCUT2D eigenvalue weighted by Gasteiger charge is -2.39. The van der Waals surface area contributed by atoms with Crippen LogP contribution in [0.3, 0.4) is 0 Å². The van der Waals surface area contributed by atoms with E-state index in [4.69, 9.17) is 19.9 Å². The first-order valence-electron chi connectivity index (χ1n) is 8.34. The van der Waals surface area contributed by atoms with Gasteiger partial charge in [-0.05, 0) is 37.5 Å². The summed E-state index contributed by atoms with van der Waals surface area (Å²) >= 11 is 0. The van der Waals surface area contributed by atoms with Crippen molar-refractivity contribution in [3.05, 3.63) is 11.8 Å². The van der Waals surface area contributed by atoms with Gasteiger partial charge in [-0.1, -0.05) is 18.9 Å². The van der Waals surface area contributed by atoms with Gasteiger partial charge in [0.15, 0.2) is 0 Å². The van der Waals surface area contributed by atoms with Crippen molar-refractivity contribution in [1.82, 2.24) is 0 Å². The Morgan fingerprint density at radius 2 is 1.59 bits per heavy atom. The van der Waals surface area contributed by atoms with Crippen LogP contribution in [-0.4, -0.2) is 50.9 Å². The molecule has 0 spiro atoms. The van der Waals surface area contributed by atoms with Crippen molar-refractivity contribution in [3.8, 4) is 0 Å². The van der Waals surface area contributed by atoms with Crippen molar-refractivity contribution < 1.29 is 19.3 Å². The number of rotatable bonds is 6. The molecule has 0 amide bonds. The third-order valence-corrected chi connectivity index (χ3v) is 5.30. The summed E-state index contributed by atoms with van der Waals surface area (Å²) < 4.78 is 16.7. The number of hydrogen-bond acceptors (Lipinski definition) is 5. The molecule has 0 heterocycles. The van der Waals surface area contributed by atoms with Gasteiger partial charge in [-0.25, -0.2) is 0 Å². The number of hydrogen-bond donors (Lipinski definition) is 2. The van der Waals surface area contributed by atoms with Crippen molar-refractivity contribution in [2.24, 2.45) is 17.6 Å². The first-order valence-corrected chi connectivity index (χ1v) is 8.34. The average Bonchev–Trinajstić information content (AvgIpc) is 3.07. The van der Waals surface area contributed by atoms with Gasteiger partial charge < -0.3 is 25.1 Å². The highest BCUT2D eigenvalue weighted by Crippen LogP contribution is 2.33. The lowest BCUT2D eigenvalue weighted by atomic mass is 9.81. The van der Waals surface area contributed by atoms with E-state index in [1.165, 1.54) is 12.8 Å². The van der Waals surface area contributed by atoms with Crippen LogP contribution in [0.4, 0.5) is 0 Å². The maximum Gasteiger partial charge on any atom is 0.109 e. The van der Waals surface area contributed by atoms with Gasteiger partial charge >= 0.3 is 0 Å². The van der Waals surface area contributed by atoms with Crippen LogP contribution < -0.4 is 5.73 Å². The van der Waals surface area contributed by atoms with Crippen molar-refractivity contribution in [2.75, 3.05) is 21.3 Å². The lowest BCUT2D eigenvalue weighted by Crippen LogP contribution is -2.47. The van der Waals surface area contributed by atoms with Crippen LogP contribution in [0.2, 0.25) is 0 Å². The predicted octanol–water partition coefficient (Wildman–Crippen LogP) is 1.84. The van der Waals surface area contributed by atoms with Crippen LogP contribution >= 0.6 is 0 Å². The summed E-state index contributed by atoms with van der Waals surface area (Å²) in [5.74, 6) is 0.570. The van der Waals surface area contributed by atoms with Gasteiger partial charge in [0, 0.05) is 27.0 Å². The lowest BCUT2D eigenvalue weighted by molar-refractivity contribution is -0.136. The number of ether oxygens (including phenoxy) is 3. The minimum absolute atomic E-state index is 0.0126. The maximum absolute atomic E-state index is 10.4. The largest absolute Gasteiger partial charge is 0.400 e. The van der Waals surface area contributed by atoms with E-state index in [1.54, 1.807) is 21.3 Å². The molecule has 0 aliphatic heterocycles. The Bertz CT molecular complexity index is 354. The zero-order valence-electron chi connectivity index (χ0n) is 14.0. The van der Waals surface area contributed by atoms with E-state index in [2.05, 4.69) is 0 Å². The van der Waals surface area contributed by atoms with Gasteiger partial charge in [0.2, 0.25) is 0 Å². The first kappa shape index (κ1) is 17.7. The fourth-order valence-electron chi connectivity index (χ4n) is 4.02. The van der Waals surface area contributed by atoms with E-state index in [9.17, 15) is 5.11 Å². The molecule has 5 heteroatoms. The van der Waals surface area contributed by atoms with Crippen LogP contribution in [0.1, 0.15) is 38.5 Å². The predicted molar refractivity (Wildman–Crippen MR) is 85.4 cm³/mol. The van der Waals surface area contributed by atoms with Crippen LogP contribution in [0, 0.1) is 11.8 Å². The van der Waals surface area contributed by atoms with E-state index >= 15 is 0 Å². The molecule has 22 heavy (non-hydrogen) atoms. The van der Waals surface area contributed by atoms with E-state index in [1.807, 2.05) is 6.08 Å². The number of aliphatic hydroxyl groups excluding tert-OH is 1. The summed E-state index contributed by atoms with van der Waals surface area (Å²) in [6.45, 7) is 0. The number of aliphatic hydroxyl groups is 1. The molecular weight excluding hydrogens is 282 g/mol. The maximum atomic E-state index is 10.4. The van der Waals surface area contributed by atoms with Crippen molar-refractivity contribution in [3.63, 3.8) is 0 Å². The first-order chi connectivity index (χ1) is 10.6. The molecule has 3 N–H and O–H groups in total. The van der Waals surface area contributed by atoms with Crippen molar-refractivity contribution >= 4 is 0 Å². The highest BCUT2D eigenvalue weighted by atomic mass is 16.6. The summed E-state index contributed by atoms with van der Waals surface area (Å²) in [6, 6.07) is 0. The molecule has 2 fully saturated rings. The molecular formula is C17H31NO4. The molecule has 2 unspecified atom stereocenters. The number of allylic oxidation sites excluding steroid dienone is 1. The van der Waals surface area contributed by atoms with Crippen molar-refractivity contribution in [1.29, 1.82) is 0 Å². The Hall–Kier alpha value is -0.620. The SMILES string of the molecule is COC1CC(/C=C(\N)[C@@H](O)C2CCCC2)CC(OC)C1OC. The molecule has 3 atom stereocenters. The van der Waals surface area contributed by atoms with E-state index in [0.29, 0.717) is 11.6 Å². The Kier molecular flexibility index (Phi) is 6.68. The second-order valence-electron chi connectivity index (χ2n) is 6.64. The monoisotopic (exact) mass is 313 g/mol. The zero-order chi connectivity index (χ0) is 16.1. The normalized spacial score (nSPS) is 35.7. The van der Waals surface area contributed by atoms with Gasteiger partial charge in [0.05, 0.1) is 18.3 Å². The van der Waals surface area contributed by atoms with Crippen LogP contribution in [-0.2, 0) is 14.2 Å². The van der Waals surface area contributed by atoms with Gasteiger partial charge in [-0.3, -0.25) is 0 Å². The quantitative estimate of drug-likeness (QED) is 0.782. The van der Waals surface area contributed by atoms with Gasteiger partial charge in [-0.15, -0.1) is 0 Å². The summed E-state index contributed by atoms with van der Waals surface area (Å²) in [4.78, 5) is 0. The fourth-order valence-corrected chi connectivity index (χ4v) is 4.02. The topological polar surface area (TPSA) is 73.9 Å². The minimum atomic E-state index is -0.510. The van der Waals surface area contributed by atoms with Crippen LogP contribution in [0.15, 0.2) is 11.8 Å². The minimum Gasteiger partial charge on any atom is -0.400 e. The number of methoxy groups -OCH3 is 3. The Morgan fingerprint density at radius 1 is 1.05 bits per heavy atom. The Labute approximate surface area is 133 Å². The van der Waals surface area contributed by atoms with Crippen LogP contribution in [0.25, 0.3) is 0 Å². The number of nitrogens with two attached hydrogens (primary N) is 1. The fraction of sp³-hybridized carbons (Fsp3) is 0.882. The molecule has 0 bridgehead atoms. The molecule has 2 saturated carbocycles. The smallest absolute Gasteiger partial charge is 0.109 e. The molecule has 0 aromatic rings. The highest BCUT2D eigenvalue weighted by Gasteiger charge is 2.38. The summed E-state index contributed by atoms with van der Waals surface area (Å²) in [7, 11) is 5.09. The summed E-state index contributed by atoms with van der Waals surface area (Å²) in [6.07, 6.45) is 7.66. The van der Waals surface area contributed by atoms with Gasteiger partial charge in [-0.2, -0.15) is 0 Å². The molecule has 2 aliphatic carbocycles. The van der Waals surface area contributed by atoms with Gasteiger partial charge in [0.25, 0.3) is 0 Å². The van der Waals surface area contributed by atoms with E-state index < -0.39 is 6.10 Å². The zero-order valence-corrected chi connectivity index (χ0v) is 14.0.